The molecule has 25 nitrogen and oxygen atoms in total. The van der Waals surface area contributed by atoms with Gasteiger partial charge in [0.2, 0.25) is 17.7 Å². The molecule has 0 bridgehead atoms. The smallest absolute Gasteiger partial charge is 0.409 e. The number of halogens is 1. The maximum atomic E-state index is 14.5. The molecule has 83 heavy (non-hydrogen) atoms. The summed E-state index contributed by atoms with van der Waals surface area (Å²) in [5.41, 5.74) is 14.1. The number of carbonyl (C=O) groups is 10. The van der Waals surface area contributed by atoms with Gasteiger partial charge in [-0.1, -0.05) is 40.2 Å². The van der Waals surface area contributed by atoms with E-state index >= 15 is 0 Å². The summed E-state index contributed by atoms with van der Waals surface area (Å²) < 4.78 is 6.08. The molecule has 1 fully saturated rings. The van der Waals surface area contributed by atoms with E-state index in [1.54, 1.807) is 40.1 Å². The van der Waals surface area contributed by atoms with Gasteiger partial charge in [0.15, 0.2) is 0 Å². The number of anilines is 3. The van der Waals surface area contributed by atoms with Crippen LogP contribution in [0.25, 0.3) is 21.7 Å². The van der Waals surface area contributed by atoms with Crippen LogP contribution in [0.15, 0.2) is 91.0 Å². The molecule has 1 saturated heterocycles. The third kappa shape index (κ3) is 15.8. The van der Waals surface area contributed by atoms with Crippen molar-refractivity contribution in [2.75, 3.05) is 93.4 Å². The number of carbonyl (C=O) groups excluding carboxylic acids is 10. The molecule has 8 rings (SSSR count). The molecule has 438 valence electrons. The van der Waals surface area contributed by atoms with Gasteiger partial charge in [-0.15, -0.1) is 0 Å². The summed E-state index contributed by atoms with van der Waals surface area (Å²) in [5, 5.41) is 22.1. The van der Waals surface area contributed by atoms with Crippen LogP contribution in [0.4, 0.5) is 31.4 Å². The lowest BCUT2D eigenvalue weighted by molar-refractivity contribution is -0.137. The molecular formula is C57H67BrN14O11. The van der Waals surface area contributed by atoms with E-state index in [1.165, 1.54) is 36.4 Å². The topological polar surface area (TPSA) is 345 Å². The van der Waals surface area contributed by atoms with E-state index in [-0.39, 0.29) is 88.1 Å². The number of aromatic nitrogens is 1. The summed E-state index contributed by atoms with van der Waals surface area (Å²) in [6.07, 6.45) is 3.04. The molecule has 1 aromatic heterocycles. The summed E-state index contributed by atoms with van der Waals surface area (Å²) in [6, 6.07) is 19.0. The Morgan fingerprint density at radius 2 is 1.39 bits per heavy atom. The summed E-state index contributed by atoms with van der Waals surface area (Å²) in [7, 11) is 2.01. The van der Waals surface area contributed by atoms with Crippen LogP contribution in [0.2, 0.25) is 0 Å². The average Bonchev–Trinajstić information content (AvgIpc) is 3.12. The average molecular weight is 1200 g/mol. The lowest BCUT2D eigenvalue weighted by Gasteiger charge is -2.31. The van der Waals surface area contributed by atoms with Crippen LogP contribution < -0.4 is 58.3 Å². The van der Waals surface area contributed by atoms with Crippen LogP contribution in [0.1, 0.15) is 70.9 Å². The predicted molar refractivity (Wildman–Crippen MR) is 314 cm³/mol. The fourth-order valence-corrected chi connectivity index (χ4v) is 10.6. The lowest BCUT2D eigenvalue weighted by Crippen LogP contribution is -2.52. The monoisotopic (exact) mass is 1200 g/mol. The van der Waals surface area contributed by atoms with Gasteiger partial charge in [-0.05, 0) is 98.6 Å². The second-order valence-corrected chi connectivity index (χ2v) is 21.0. The minimum atomic E-state index is -1.12. The Balaban J connectivity index is 0.883. The normalized spacial score (nSPS) is 15.6. The molecule has 0 unspecified atom stereocenters. The number of benzene rings is 4. The number of alkyl halides is 1. The Hall–Kier alpha value is -8.88. The Morgan fingerprint density at radius 3 is 2.06 bits per heavy atom. The number of fused-ring (bicyclic) bond motifs is 4. The number of aromatic amines is 1. The SMILES string of the molecule is CN1CCN(C(=O)Oc2cc3c(c4ccccc24)[C@H](CBr)CN3C(=O)c2cc3cc(NC(=O)c4ccc(NC(=O)[C@H](CCCNC(N)=O)NC(=O)[C@H](CCCNC(N)=O)NCCNC(=O)CCCN5C(=O)C=CC5=O)cc4)ccc3[nH]2)CC1. The molecule has 4 aromatic carbocycles. The molecule has 0 spiro atoms. The van der Waals surface area contributed by atoms with Crippen molar-refractivity contribution >= 4 is 114 Å². The standard InChI is InChI=1S/C57H67BrN14O11/c1-69-25-27-70(28-26-69)57(82)83-46-31-45-50(40-8-3-2-7-39(40)46)36(32-58)33-72(45)54(79)44-30-35-29-38(16-17-41(35)67-44)66-51(76)34-12-14-37(15-13-34)65-53(78)43(10-5-21-64-56(60)81)68-52(77)42(9-4-20-63-55(59)80)61-22-23-62-47(73)11-6-24-71-48(74)18-19-49(71)75/h2-3,7-8,12-19,29-31,36,42-43,61,67H,4-6,9-11,20-28,32-33H2,1H3,(H,62,73)(H,65,78)(H,66,76)(H,68,77)(H3,59,63,80)(H3,60,64,81)/t36-,42+,43+/m1/s1. The Morgan fingerprint density at radius 1 is 0.723 bits per heavy atom. The third-order valence-corrected chi connectivity index (χ3v) is 15.2. The maximum absolute atomic E-state index is 14.5. The van der Waals surface area contributed by atoms with Crippen molar-refractivity contribution in [2.24, 2.45) is 11.5 Å². The van der Waals surface area contributed by atoms with E-state index in [4.69, 9.17) is 16.2 Å². The Labute approximate surface area is 486 Å². The second kappa shape index (κ2) is 28.2. The summed E-state index contributed by atoms with van der Waals surface area (Å²) in [6.45, 7) is 3.55. The number of nitrogens with zero attached hydrogens (tertiary/aromatic N) is 4. The molecular weight excluding hydrogens is 1140 g/mol. The molecule has 5 aromatic rings. The zero-order chi connectivity index (χ0) is 59.2. The van der Waals surface area contributed by atoms with E-state index in [9.17, 15) is 47.9 Å². The minimum absolute atomic E-state index is 0.0438. The zero-order valence-corrected chi connectivity index (χ0v) is 47.3. The number of amides is 12. The van der Waals surface area contributed by atoms with E-state index < -0.39 is 59.8 Å². The van der Waals surface area contributed by atoms with Crippen molar-refractivity contribution in [1.82, 2.24) is 46.3 Å². The third-order valence-electron chi connectivity index (χ3n) is 14.5. The first-order valence-electron chi connectivity index (χ1n) is 27.3. The van der Waals surface area contributed by atoms with Crippen LogP contribution in [0, 0.1) is 0 Å². The van der Waals surface area contributed by atoms with Crippen molar-refractivity contribution in [3.05, 3.63) is 108 Å². The van der Waals surface area contributed by atoms with E-state index in [1.807, 2.05) is 31.3 Å². The number of hydrogen-bond donors (Lipinski definition) is 10. The van der Waals surface area contributed by atoms with Crippen molar-refractivity contribution in [3.63, 3.8) is 0 Å². The first kappa shape index (κ1) is 60.2. The minimum Gasteiger partial charge on any atom is -0.409 e. The molecule has 3 aliphatic heterocycles. The van der Waals surface area contributed by atoms with Gasteiger partial charge in [-0.25, -0.2) is 14.4 Å². The highest BCUT2D eigenvalue weighted by atomic mass is 79.9. The highest BCUT2D eigenvalue weighted by molar-refractivity contribution is 9.09. The molecule has 3 atom stereocenters. The number of nitrogens with two attached hydrogens (primary N) is 2. The van der Waals surface area contributed by atoms with Crippen LogP contribution >= 0.6 is 15.9 Å². The van der Waals surface area contributed by atoms with Crippen molar-refractivity contribution in [1.29, 1.82) is 0 Å². The van der Waals surface area contributed by atoms with E-state index in [2.05, 4.69) is 63.0 Å². The molecule has 0 radical (unpaired) electrons. The molecule has 0 saturated carbocycles. The van der Waals surface area contributed by atoms with Gasteiger partial charge < -0.3 is 73.1 Å². The van der Waals surface area contributed by atoms with Gasteiger partial charge in [0.05, 0.1) is 11.7 Å². The molecule has 3 aliphatic rings. The lowest BCUT2D eigenvalue weighted by atomic mass is 9.95. The second-order valence-electron chi connectivity index (χ2n) is 20.3. The first-order chi connectivity index (χ1) is 40.0. The van der Waals surface area contributed by atoms with Crippen molar-refractivity contribution in [3.8, 4) is 5.75 Å². The van der Waals surface area contributed by atoms with Crippen molar-refractivity contribution < 1.29 is 52.7 Å². The summed E-state index contributed by atoms with van der Waals surface area (Å²) in [4.78, 5) is 138. The number of urea groups is 2. The molecule has 12 N–H and O–H groups in total. The van der Waals surface area contributed by atoms with Gasteiger partial charge in [-0.3, -0.25) is 38.5 Å². The van der Waals surface area contributed by atoms with E-state index in [0.717, 1.165) is 34.3 Å². The number of rotatable bonds is 25. The number of hydrogen-bond acceptors (Lipinski definition) is 13. The largest absolute Gasteiger partial charge is 0.415 e. The maximum Gasteiger partial charge on any atom is 0.415 e. The summed E-state index contributed by atoms with van der Waals surface area (Å²) >= 11 is 3.68. The number of nitrogens with one attached hydrogen (secondary N) is 8. The predicted octanol–water partition coefficient (Wildman–Crippen LogP) is 3.56. The van der Waals surface area contributed by atoms with Gasteiger partial charge in [-0.2, -0.15) is 0 Å². The van der Waals surface area contributed by atoms with Crippen LogP contribution in [-0.4, -0.2) is 169 Å². The molecule has 12 amide bonds. The molecule has 4 heterocycles. The fraction of sp³-hybridized carbons (Fsp3) is 0.368. The number of likely N-dealkylation sites (N-methyl/N-ethyl adjacent to an activating group) is 1. The van der Waals surface area contributed by atoms with Gasteiger partial charge in [0.25, 0.3) is 23.6 Å². The van der Waals surface area contributed by atoms with Crippen molar-refractivity contribution in [2.45, 2.75) is 56.5 Å². The van der Waals surface area contributed by atoms with Crippen LogP contribution in [0.5, 0.6) is 5.75 Å². The quantitative estimate of drug-likeness (QED) is 0.0227. The Bertz CT molecular complexity index is 3290. The zero-order valence-electron chi connectivity index (χ0n) is 45.7. The van der Waals surface area contributed by atoms with Crippen LogP contribution in [-0.2, 0) is 24.0 Å². The summed E-state index contributed by atoms with van der Waals surface area (Å²) in [5.74, 6) is -2.78. The highest BCUT2D eigenvalue weighted by Gasteiger charge is 2.36. The van der Waals surface area contributed by atoms with Gasteiger partial charge >= 0.3 is 18.2 Å². The first-order valence-corrected chi connectivity index (χ1v) is 28.4. The highest BCUT2D eigenvalue weighted by Crippen LogP contribution is 2.46. The number of imide groups is 1. The van der Waals surface area contributed by atoms with E-state index in [0.29, 0.717) is 70.8 Å². The fourth-order valence-electron chi connectivity index (χ4n) is 10.1. The number of primary amides is 2. The van der Waals surface area contributed by atoms with Crippen LogP contribution in [0.3, 0.4) is 0 Å². The molecule has 26 heteroatoms. The van der Waals surface area contributed by atoms with Gasteiger partial charge in [0, 0.05) is 135 Å². The van der Waals surface area contributed by atoms with Gasteiger partial charge in [0.1, 0.15) is 17.5 Å². The Kier molecular flexibility index (Phi) is 20.5. The number of ether oxygens (including phenoxy) is 1. The molecule has 0 aliphatic carbocycles. The number of piperazine rings is 1. The number of H-pyrrole nitrogens is 1.